The van der Waals surface area contributed by atoms with Gasteiger partial charge in [-0.15, -0.1) is 11.3 Å². The van der Waals surface area contributed by atoms with Gasteiger partial charge in [0.1, 0.15) is 5.60 Å². The van der Waals surface area contributed by atoms with Crippen molar-refractivity contribution in [3.05, 3.63) is 41.4 Å². The van der Waals surface area contributed by atoms with E-state index in [2.05, 4.69) is 14.8 Å². The van der Waals surface area contributed by atoms with Crippen LogP contribution in [0.1, 0.15) is 5.69 Å². The second-order valence-corrected chi connectivity index (χ2v) is 10.5. The molecule has 2 fully saturated rings. The molecular weight excluding hydrogens is 412 g/mol. The van der Waals surface area contributed by atoms with Gasteiger partial charge in [-0.3, -0.25) is 4.90 Å². The highest BCUT2D eigenvalue weighted by molar-refractivity contribution is 7.89. The number of rotatable bonds is 5. The molecule has 3 heterocycles. The van der Waals surface area contributed by atoms with Crippen LogP contribution in [0.25, 0.3) is 0 Å². The van der Waals surface area contributed by atoms with Crippen molar-refractivity contribution in [1.29, 1.82) is 0 Å². The van der Waals surface area contributed by atoms with E-state index in [0.717, 1.165) is 37.0 Å². The number of hydrogen-bond acceptors (Lipinski definition) is 8. The van der Waals surface area contributed by atoms with Crippen LogP contribution in [-0.4, -0.2) is 90.3 Å². The molecule has 0 radical (unpaired) electrons. The monoisotopic (exact) mass is 438 g/mol. The summed E-state index contributed by atoms with van der Waals surface area (Å²) in [4.78, 5) is 8.99. The third-order valence-electron chi connectivity index (χ3n) is 5.58. The van der Waals surface area contributed by atoms with E-state index in [1.165, 1.54) is 16.4 Å². The van der Waals surface area contributed by atoms with Crippen molar-refractivity contribution in [3.8, 4) is 0 Å². The van der Waals surface area contributed by atoms with Gasteiger partial charge in [0.05, 0.1) is 16.7 Å². The Kier molecular flexibility index (Phi) is 5.66. The minimum absolute atomic E-state index is 0.105. The van der Waals surface area contributed by atoms with E-state index in [-0.39, 0.29) is 24.5 Å². The van der Waals surface area contributed by atoms with Crippen LogP contribution in [-0.2, 0) is 10.0 Å². The van der Waals surface area contributed by atoms with E-state index >= 15 is 0 Å². The van der Waals surface area contributed by atoms with Gasteiger partial charge in [-0.25, -0.2) is 13.4 Å². The standard InChI is InChI=1S/C19H26N4O4S2/c1-15-12-28-18(20-15)22-9-7-21(8-10-22)13-19(25)14-23(11-17(19)24)29(26,27)16-5-3-2-4-6-16/h2-6,12,17,24-25H,7-11,13-14H2,1H3/t17-,19+/m1/s1. The maximum atomic E-state index is 12.8. The minimum atomic E-state index is -3.75. The molecule has 0 amide bonds. The fraction of sp³-hybridized carbons (Fsp3) is 0.526. The Morgan fingerprint density at radius 2 is 1.90 bits per heavy atom. The number of β-amino-alcohol motifs (C(OH)–C–C–N with tert-alkyl or cyclic N) is 2. The fourth-order valence-corrected chi connectivity index (χ4v) is 6.28. The molecule has 10 heteroatoms. The topological polar surface area (TPSA) is 97.2 Å². The zero-order valence-corrected chi connectivity index (χ0v) is 17.9. The molecule has 0 spiro atoms. The molecule has 0 unspecified atom stereocenters. The van der Waals surface area contributed by atoms with E-state index < -0.39 is 21.7 Å². The highest BCUT2D eigenvalue weighted by Crippen LogP contribution is 2.29. The summed E-state index contributed by atoms with van der Waals surface area (Å²) in [7, 11) is -3.75. The number of aliphatic hydroxyl groups is 2. The lowest BCUT2D eigenvalue weighted by Gasteiger charge is -2.38. The average molecular weight is 439 g/mol. The van der Waals surface area contributed by atoms with E-state index in [9.17, 15) is 18.6 Å². The SMILES string of the molecule is Cc1csc(N2CCN(C[C@]3(O)CN(S(=O)(=O)c4ccccc4)C[C@H]3O)CC2)n1. The van der Waals surface area contributed by atoms with Crippen LogP contribution < -0.4 is 4.90 Å². The van der Waals surface area contributed by atoms with E-state index in [0.29, 0.717) is 0 Å². The molecule has 0 saturated carbocycles. The van der Waals surface area contributed by atoms with Gasteiger partial charge >= 0.3 is 0 Å². The first-order valence-electron chi connectivity index (χ1n) is 9.63. The minimum Gasteiger partial charge on any atom is -0.389 e. The van der Waals surface area contributed by atoms with Crippen LogP contribution in [0.15, 0.2) is 40.6 Å². The van der Waals surface area contributed by atoms with Gasteiger partial charge in [0, 0.05) is 51.2 Å². The van der Waals surface area contributed by atoms with Crippen molar-refractivity contribution >= 4 is 26.5 Å². The summed E-state index contributed by atoms with van der Waals surface area (Å²) in [5.41, 5.74) is -0.475. The number of thiazole rings is 1. The van der Waals surface area contributed by atoms with Gasteiger partial charge in [-0.2, -0.15) is 4.31 Å². The van der Waals surface area contributed by atoms with Crippen LogP contribution in [0.4, 0.5) is 5.13 Å². The Morgan fingerprint density at radius 1 is 1.21 bits per heavy atom. The maximum Gasteiger partial charge on any atom is 0.243 e. The normalized spacial score (nSPS) is 26.9. The van der Waals surface area contributed by atoms with Crippen molar-refractivity contribution in [1.82, 2.24) is 14.2 Å². The van der Waals surface area contributed by atoms with Crippen molar-refractivity contribution in [3.63, 3.8) is 0 Å². The quantitative estimate of drug-likeness (QED) is 0.696. The van der Waals surface area contributed by atoms with Crippen LogP contribution >= 0.6 is 11.3 Å². The molecule has 1 aromatic heterocycles. The van der Waals surface area contributed by atoms with Gasteiger partial charge in [-0.1, -0.05) is 18.2 Å². The lowest BCUT2D eigenvalue weighted by molar-refractivity contribution is -0.0615. The molecule has 8 nitrogen and oxygen atoms in total. The highest BCUT2D eigenvalue weighted by atomic mass is 32.2. The number of piperazine rings is 1. The molecule has 29 heavy (non-hydrogen) atoms. The predicted octanol–water partition coefficient (Wildman–Crippen LogP) is 0.370. The van der Waals surface area contributed by atoms with Crippen molar-refractivity contribution in [2.24, 2.45) is 0 Å². The van der Waals surface area contributed by atoms with Gasteiger partial charge < -0.3 is 15.1 Å². The molecule has 2 aliphatic heterocycles. The Balaban J connectivity index is 1.39. The number of benzene rings is 1. The van der Waals surface area contributed by atoms with E-state index in [4.69, 9.17) is 0 Å². The second kappa shape index (κ2) is 7.93. The van der Waals surface area contributed by atoms with E-state index in [1.54, 1.807) is 29.5 Å². The number of sulfonamides is 1. The largest absolute Gasteiger partial charge is 0.389 e. The summed E-state index contributed by atoms with van der Waals surface area (Å²) < 4.78 is 26.9. The molecule has 2 aromatic rings. The summed E-state index contributed by atoms with van der Waals surface area (Å²) >= 11 is 1.62. The maximum absolute atomic E-state index is 12.8. The van der Waals surface area contributed by atoms with Gasteiger partial charge in [-0.05, 0) is 19.1 Å². The van der Waals surface area contributed by atoms with Crippen LogP contribution in [0.2, 0.25) is 0 Å². The molecule has 2 aliphatic rings. The number of aromatic nitrogens is 1. The van der Waals surface area contributed by atoms with E-state index in [1.807, 2.05) is 12.3 Å². The Labute approximate surface area is 175 Å². The third kappa shape index (κ3) is 4.18. The smallest absolute Gasteiger partial charge is 0.243 e. The zero-order valence-electron chi connectivity index (χ0n) is 16.3. The first-order valence-corrected chi connectivity index (χ1v) is 11.9. The van der Waals surface area contributed by atoms with Gasteiger partial charge in [0.25, 0.3) is 0 Å². The number of hydrogen-bond donors (Lipinski definition) is 2. The second-order valence-electron chi connectivity index (χ2n) is 7.76. The molecule has 0 bridgehead atoms. The first kappa shape index (κ1) is 20.7. The van der Waals surface area contributed by atoms with Gasteiger partial charge in [0.15, 0.2) is 5.13 Å². The molecule has 0 aliphatic carbocycles. The van der Waals surface area contributed by atoms with Crippen LogP contribution in [0.3, 0.4) is 0 Å². The highest BCUT2D eigenvalue weighted by Gasteiger charge is 2.49. The van der Waals surface area contributed by atoms with Crippen LogP contribution in [0, 0.1) is 6.92 Å². The van der Waals surface area contributed by atoms with Gasteiger partial charge in [0.2, 0.25) is 10.0 Å². The summed E-state index contributed by atoms with van der Waals surface area (Å²) in [5.74, 6) is 0. The number of aliphatic hydroxyl groups excluding tert-OH is 1. The van der Waals surface area contributed by atoms with Crippen molar-refractivity contribution < 1.29 is 18.6 Å². The summed E-state index contributed by atoms with van der Waals surface area (Å²) in [6, 6.07) is 8.13. The fourth-order valence-electron chi connectivity index (χ4n) is 3.89. The molecular formula is C19H26N4O4S2. The molecule has 1 aromatic carbocycles. The number of nitrogens with zero attached hydrogens (tertiary/aromatic N) is 4. The zero-order chi connectivity index (χ0) is 20.6. The molecule has 158 valence electrons. The average Bonchev–Trinajstić information content (AvgIpc) is 3.27. The molecule has 2 N–H and O–H groups in total. The molecule has 2 saturated heterocycles. The lowest BCUT2D eigenvalue weighted by atomic mass is 9.99. The third-order valence-corrected chi connectivity index (χ3v) is 8.42. The Bertz CT molecular complexity index is 944. The van der Waals surface area contributed by atoms with Crippen molar-refractivity contribution in [2.75, 3.05) is 50.7 Å². The number of aryl methyl sites for hydroxylation is 1. The first-order chi connectivity index (χ1) is 13.8. The van der Waals surface area contributed by atoms with Crippen molar-refractivity contribution in [2.45, 2.75) is 23.5 Å². The number of anilines is 1. The summed E-state index contributed by atoms with van der Waals surface area (Å²) in [6.45, 7) is 5.00. The predicted molar refractivity (Wildman–Crippen MR) is 112 cm³/mol. The summed E-state index contributed by atoms with van der Waals surface area (Å²) in [6.07, 6.45) is -1.12. The Hall–Kier alpha value is -1.56. The van der Waals surface area contributed by atoms with Crippen LogP contribution in [0.5, 0.6) is 0 Å². The summed E-state index contributed by atoms with van der Waals surface area (Å²) in [5, 5.41) is 24.6. The molecule has 2 atom stereocenters. The molecule has 4 rings (SSSR count). The Morgan fingerprint density at radius 3 is 2.52 bits per heavy atom. The lowest BCUT2D eigenvalue weighted by Crippen LogP contribution is -2.56.